The number of hydrogen-bond donors (Lipinski definition) is 0. The number of fused-ring (bicyclic) bond motifs is 2. The Balaban J connectivity index is 1.22. The van der Waals surface area contributed by atoms with Gasteiger partial charge >= 0.3 is 0 Å². The summed E-state index contributed by atoms with van der Waals surface area (Å²) in [6, 6.07) is 30.4. The summed E-state index contributed by atoms with van der Waals surface area (Å²) >= 11 is 0. The van der Waals surface area contributed by atoms with Gasteiger partial charge in [-0.1, -0.05) is 48.5 Å². The summed E-state index contributed by atoms with van der Waals surface area (Å²) in [7, 11) is 1.66. The lowest BCUT2D eigenvalue weighted by Gasteiger charge is -2.12. The minimum absolute atomic E-state index is 0.410. The minimum Gasteiger partial charge on any atom is -0.497 e. The Morgan fingerprint density at radius 1 is 0.735 bits per heavy atom. The average molecular weight is 453 g/mol. The Kier molecular flexibility index (Phi) is 6.61. The van der Waals surface area contributed by atoms with E-state index in [-0.39, 0.29) is 0 Å². The summed E-state index contributed by atoms with van der Waals surface area (Å²) in [5, 5.41) is 2.36. The molecule has 0 saturated carbocycles. The van der Waals surface area contributed by atoms with Gasteiger partial charge in [-0.3, -0.25) is 0 Å². The van der Waals surface area contributed by atoms with Crippen molar-refractivity contribution in [1.29, 1.82) is 0 Å². The first-order chi connectivity index (χ1) is 16.8. The van der Waals surface area contributed by atoms with E-state index in [0.29, 0.717) is 13.2 Å². The molecule has 0 spiro atoms. The van der Waals surface area contributed by atoms with Crippen LogP contribution in [-0.2, 0) is 13.2 Å². The van der Waals surface area contributed by atoms with Crippen LogP contribution < -0.4 is 14.2 Å². The van der Waals surface area contributed by atoms with Gasteiger partial charge in [0, 0.05) is 11.9 Å². The molecule has 0 N–H and O–H groups in total. The molecule has 5 heteroatoms. The van der Waals surface area contributed by atoms with Crippen molar-refractivity contribution in [3.05, 3.63) is 96.8 Å². The number of aromatic nitrogens is 2. The van der Waals surface area contributed by atoms with E-state index in [1.165, 1.54) is 5.39 Å². The molecule has 0 amide bonds. The molecule has 0 saturated heterocycles. The number of imidazole rings is 1. The second-order valence-electron chi connectivity index (χ2n) is 8.17. The molecular formula is C29H28N2O3. The summed E-state index contributed by atoms with van der Waals surface area (Å²) in [6.07, 6.45) is 1.94. The monoisotopic (exact) mass is 452 g/mol. The molecule has 5 aromatic rings. The molecule has 0 fully saturated rings. The first kappa shape index (κ1) is 21.8. The molecule has 4 aromatic carbocycles. The summed E-state index contributed by atoms with van der Waals surface area (Å²) in [5.74, 6) is 3.47. The number of benzene rings is 4. The molecular weight excluding hydrogens is 424 g/mol. The second-order valence-corrected chi connectivity index (χ2v) is 8.17. The SMILES string of the molecule is COc1ccc(OCc2nc3ccccc3n2CCCCOc2cccc3ccccc23)cc1. The van der Waals surface area contributed by atoms with Crippen molar-refractivity contribution in [2.45, 2.75) is 26.0 Å². The maximum Gasteiger partial charge on any atom is 0.147 e. The van der Waals surface area contributed by atoms with Crippen LogP contribution in [0, 0.1) is 0 Å². The molecule has 1 heterocycles. The van der Waals surface area contributed by atoms with E-state index in [4.69, 9.17) is 19.2 Å². The molecule has 0 aliphatic rings. The number of aryl methyl sites for hydroxylation is 1. The van der Waals surface area contributed by atoms with Gasteiger partial charge in [-0.05, 0) is 60.7 Å². The largest absolute Gasteiger partial charge is 0.497 e. The lowest BCUT2D eigenvalue weighted by atomic mass is 10.1. The number of nitrogens with zero attached hydrogens (tertiary/aromatic N) is 2. The van der Waals surface area contributed by atoms with Crippen LogP contribution in [0.15, 0.2) is 91.0 Å². The molecule has 0 aliphatic heterocycles. The quantitative estimate of drug-likeness (QED) is 0.223. The second kappa shape index (κ2) is 10.3. The van der Waals surface area contributed by atoms with Crippen molar-refractivity contribution >= 4 is 21.8 Å². The third-order valence-electron chi connectivity index (χ3n) is 5.94. The van der Waals surface area contributed by atoms with Gasteiger partial charge in [0.05, 0.1) is 24.8 Å². The van der Waals surface area contributed by atoms with Gasteiger partial charge in [-0.25, -0.2) is 4.98 Å². The Bertz CT molecular complexity index is 1370. The van der Waals surface area contributed by atoms with Gasteiger partial charge in [0.1, 0.15) is 29.7 Å². The maximum atomic E-state index is 6.12. The fourth-order valence-electron chi connectivity index (χ4n) is 4.18. The fraction of sp³-hybridized carbons (Fsp3) is 0.207. The first-order valence-corrected chi connectivity index (χ1v) is 11.6. The van der Waals surface area contributed by atoms with Gasteiger partial charge in [0.2, 0.25) is 0 Å². The van der Waals surface area contributed by atoms with Crippen LogP contribution in [0.5, 0.6) is 17.2 Å². The van der Waals surface area contributed by atoms with Crippen molar-refractivity contribution in [3.8, 4) is 17.2 Å². The van der Waals surface area contributed by atoms with Crippen LogP contribution in [0.4, 0.5) is 0 Å². The number of methoxy groups -OCH3 is 1. The van der Waals surface area contributed by atoms with E-state index in [9.17, 15) is 0 Å². The molecule has 0 atom stereocenters. The van der Waals surface area contributed by atoms with Gasteiger partial charge in [-0.15, -0.1) is 0 Å². The lowest BCUT2D eigenvalue weighted by Crippen LogP contribution is -2.09. The van der Waals surface area contributed by atoms with E-state index in [0.717, 1.165) is 58.9 Å². The van der Waals surface area contributed by atoms with E-state index in [1.807, 2.05) is 48.5 Å². The Hall–Kier alpha value is -3.99. The molecule has 0 unspecified atom stereocenters. The number of unbranched alkanes of at least 4 members (excludes halogenated alkanes) is 1. The zero-order chi connectivity index (χ0) is 23.2. The molecule has 0 bridgehead atoms. The zero-order valence-corrected chi connectivity index (χ0v) is 19.3. The van der Waals surface area contributed by atoms with Crippen molar-refractivity contribution in [2.75, 3.05) is 13.7 Å². The number of ether oxygens (including phenoxy) is 3. The van der Waals surface area contributed by atoms with Crippen molar-refractivity contribution < 1.29 is 14.2 Å². The zero-order valence-electron chi connectivity index (χ0n) is 19.3. The Morgan fingerprint density at radius 2 is 1.50 bits per heavy atom. The van der Waals surface area contributed by atoms with Crippen LogP contribution in [0.1, 0.15) is 18.7 Å². The molecule has 1 aromatic heterocycles. The summed E-state index contributed by atoms with van der Waals surface area (Å²) in [4.78, 5) is 4.82. The molecule has 34 heavy (non-hydrogen) atoms. The topological polar surface area (TPSA) is 45.5 Å². The third kappa shape index (κ3) is 4.84. The van der Waals surface area contributed by atoms with Gasteiger partial charge in [-0.2, -0.15) is 0 Å². The number of para-hydroxylation sites is 2. The first-order valence-electron chi connectivity index (χ1n) is 11.6. The number of hydrogen-bond acceptors (Lipinski definition) is 4. The van der Waals surface area contributed by atoms with Crippen molar-refractivity contribution in [2.24, 2.45) is 0 Å². The maximum absolute atomic E-state index is 6.12. The average Bonchev–Trinajstić information content (AvgIpc) is 3.25. The number of rotatable bonds is 10. The normalized spacial score (nSPS) is 11.1. The minimum atomic E-state index is 0.410. The summed E-state index contributed by atoms with van der Waals surface area (Å²) in [5.41, 5.74) is 2.12. The predicted octanol–water partition coefficient (Wildman–Crippen LogP) is 6.64. The third-order valence-corrected chi connectivity index (χ3v) is 5.94. The molecule has 172 valence electrons. The van der Waals surface area contributed by atoms with E-state index >= 15 is 0 Å². The highest BCUT2D eigenvalue weighted by molar-refractivity contribution is 5.88. The Labute approximate surface area is 199 Å². The molecule has 5 rings (SSSR count). The highest BCUT2D eigenvalue weighted by atomic mass is 16.5. The highest BCUT2D eigenvalue weighted by Crippen LogP contribution is 2.25. The summed E-state index contributed by atoms with van der Waals surface area (Å²) in [6.45, 7) is 1.95. The molecule has 5 nitrogen and oxygen atoms in total. The standard InChI is InChI=1S/C29H28N2O3/c1-32-23-15-17-24(18-16-23)34-21-29-30-26-12-4-5-13-27(26)31(29)19-6-7-20-33-28-14-8-10-22-9-2-3-11-25(22)28/h2-5,8-18H,6-7,19-21H2,1H3. The van der Waals surface area contributed by atoms with E-state index < -0.39 is 0 Å². The van der Waals surface area contributed by atoms with Crippen molar-refractivity contribution in [3.63, 3.8) is 0 Å². The molecule has 0 radical (unpaired) electrons. The summed E-state index contributed by atoms with van der Waals surface area (Å²) < 4.78 is 19.6. The fourth-order valence-corrected chi connectivity index (χ4v) is 4.18. The van der Waals surface area contributed by atoms with Crippen molar-refractivity contribution in [1.82, 2.24) is 9.55 Å². The molecule has 0 aliphatic carbocycles. The smallest absolute Gasteiger partial charge is 0.147 e. The van der Waals surface area contributed by atoms with Crippen LogP contribution in [0.25, 0.3) is 21.8 Å². The van der Waals surface area contributed by atoms with E-state index in [1.54, 1.807) is 7.11 Å². The Morgan fingerprint density at radius 3 is 2.38 bits per heavy atom. The van der Waals surface area contributed by atoms with Crippen LogP contribution in [0.2, 0.25) is 0 Å². The van der Waals surface area contributed by atoms with Crippen LogP contribution >= 0.6 is 0 Å². The lowest BCUT2D eigenvalue weighted by molar-refractivity contribution is 0.285. The van der Waals surface area contributed by atoms with Gasteiger partial charge in [0.15, 0.2) is 0 Å². The van der Waals surface area contributed by atoms with Gasteiger partial charge < -0.3 is 18.8 Å². The predicted molar refractivity (Wildman–Crippen MR) is 136 cm³/mol. The van der Waals surface area contributed by atoms with Crippen LogP contribution in [0.3, 0.4) is 0 Å². The van der Waals surface area contributed by atoms with E-state index in [2.05, 4.69) is 47.0 Å². The van der Waals surface area contributed by atoms with Gasteiger partial charge in [0.25, 0.3) is 0 Å². The highest BCUT2D eigenvalue weighted by Gasteiger charge is 2.11. The van der Waals surface area contributed by atoms with Crippen LogP contribution in [-0.4, -0.2) is 23.3 Å².